The van der Waals surface area contributed by atoms with Crippen LogP contribution in [-0.2, 0) is 9.84 Å². The Morgan fingerprint density at radius 2 is 1.67 bits per heavy atom. The van der Waals surface area contributed by atoms with Crippen LogP contribution in [0.15, 0.2) is 47.7 Å². The minimum Gasteiger partial charge on any atom is -0.323 e. The standard InChI is InChI=1S/C14H14Br3N3O3S/c1-3-19(4-2)14(21)20-8-12(17)13(18-20)24(22,23)11-6-9(15)5-10(16)7-11/h5-8H,3-4H2,1-2H3. The lowest BCUT2D eigenvalue weighted by atomic mass is 10.4. The number of amides is 1. The molecule has 0 unspecified atom stereocenters. The van der Waals surface area contributed by atoms with Gasteiger partial charge < -0.3 is 4.90 Å². The second-order valence-corrected chi connectivity index (χ2v) is 9.34. The number of nitrogens with zero attached hydrogens (tertiary/aromatic N) is 3. The van der Waals surface area contributed by atoms with Crippen LogP contribution in [0.2, 0.25) is 0 Å². The van der Waals surface area contributed by atoms with Crippen LogP contribution in [0.5, 0.6) is 0 Å². The number of sulfone groups is 1. The Morgan fingerprint density at radius 1 is 1.12 bits per heavy atom. The maximum absolute atomic E-state index is 12.8. The van der Waals surface area contributed by atoms with Gasteiger partial charge in [-0.2, -0.15) is 9.78 Å². The number of aromatic nitrogens is 2. The van der Waals surface area contributed by atoms with Crippen LogP contribution in [0.4, 0.5) is 4.79 Å². The fourth-order valence-corrected chi connectivity index (χ4v) is 5.85. The molecule has 10 heteroatoms. The zero-order valence-corrected chi connectivity index (χ0v) is 18.4. The molecule has 1 amide bonds. The Hall–Kier alpha value is -0.710. The zero-order chi connectivity index (χ0) is 18.1. The lowest BCUT2D eigenvalue weighted by Crippen LogP contribution is -2.34. The van der Waals surface area contributed by atoms with Crippen molar-refractivity contribution >= 4 is 63.7 Å². The van der Waals surface area contributed by atoms with Gasteiger partial charge in [-0.25, -0.2) is 13.2 Å². The Labute approximate surface area is 165 Å². The van der Waals surface area contributed by atoms with Gasteiger partial charge in [-0.05, 0) is 48.0 Å². The van der Waals surface area contributed by atoms with Crippen LogP contribution in [0.1, 0.15) is 13.8 Å². The molecule has 0 saturated carbocycles. The average molecular weight is 544 g/mol. The molecule has 0 fully saturated rings. The molecule has 0 atom stereocenters. The van der Waals surface area contributed by atoms with Crippen LogP contribution in [-0.4, -0.2) is 42.2 Å². The molecule has 0 aliphatic heterocycles. The summed E-state index contributed by atoms with van der Waals surface area (Å²) in [5, 5.41) is 3.79. The number of carbonyl (C=O) groups is 1. The summed E-state index contributed by atoms with van der Waals surface area (Å²) >= 11 is 9.73. The second-order valence-electron chi connectivity index (χ2n) is 4.79. The Balaban J connectivity index is 2.51. The monoisotopic (exact) mass is 541 g/mol. The Bertz CT molecular complexity index is 856. The number of benzene rings is 1. The number of hydrogen-bond donors (Lipinski definition) is 0. The summed E-state index contributed by atoms with van der Waals surface area (Å²) in [7, 11) is -3.88. The topological polar surface area (TPSA) is 72.3 Å². The largest absolute Gasteiger partial charge is 0.344 e. The van der Waals surface area contributed by atoms with E-state index in [0.29, 0.717) is 22.0 Å². The van der Waals surface area contributed by atoms with Crippen molar-refractivity contribution in [1.29, 1.82) is 0 Å². The third-order valence-electron chi connectivity index (χ3n) is 3.27. The lowest BCUT2D eigenvalue weighted by Gasteiger charge is -2.17. The van der Waals surface area contributed by atoms with Crippen molar-refractivity contribution in [3.63, 3.8) is 0 Å². The number of hydrogen-bond acceptors (Lipinski definition) is 4. The highest BCUT2D eigenvalue weighted by Gasteiger charge is 2.27. The number of halogens is 3. The van der Waals surface area contributed by atoms with Crippen LogP contribution in [0.3, 0.4) is 0 Å². The molecule has 24 heavy (non-hydrogen) atoms. The van der Waals surface area contributed by atoms with Gasteiger partial charge in [0.05, 0.1) is 15.6 Å². The molecule has 0 aliphatic rings. The maximum atomic E-state index is 12.8. The van der Waals surface area contributed by atoms with E-state index in [0.717, 1.165) is 4.68 Å². The normalized spacial score (nSPS) is 11.5. The van der Waals surface area contributed by atoms with Crippen LogP contribution in [0.25, 0.3) is 0 Å². The van der Waals surface area contributed by atoms with Crippen molar-refractivity contribution in [2.75, 3.05) is 13.1 Å². The van der Waals surface area contributed by atoms with Gasteiger partial charge in [-0.1, -0.05) is 31.9 Å². The molecule has 0 aliphatic carbocycles. The van der Waals surface area contributed by atoms with E-state index in [1.807, 2.05) is 13.8 Å². The maximum Gasteiger partial charge on any atom is 0.344 e. The molecule has 130 valence electrons. The van der Waals surface area contributed by atoms with Crippen molar-refractivity contribution < 1.29 is 13.2 Å². The van der Waals surface area contributed by atoms with Crippen molar-refractivity contribution in [2.24, 2.45) is 0 Å². The van der Waals surface area contributed by atoms with E-state index in [9.17, 15) is 13.2 Å². The quantitative estimate of drug-likeness (QED) is 0.576. The van der Waals surface area contributed by atoms with E-state index in [4.69, 9.17) is 0 Å². The highest BCUT2D eigenvalue weighted by Crippen LogP contribution is 2.30. The highest BCUT2D eigenvalue weighted by molar-refractivity contribution is 9.11. The van der Waals surface area contributed by atoms with Crippen molar-refractivity contribution in [3.8, 4) is 0 Å². The first-order chi connectivity index (χ1) is 11.2. The van der Waals surface area contributed by atoms with Crippen molar-refractivity contribution in [1.82, 2.24) is 14.7 Å². The van der Waals surface area contributed by atoms with E-state index >= 15 is 0 Å². The third-order valence-corrected chi connectivity index (χ3v) is 6.69. The van der Waals surface area contributed by atoms with Crippen molar-refractivity contribution in [3.05, 3.63) is 37.8 Å². The summed E-state index contributed by atoms with van der Waals surface area (Å²) in [5.41, 5.74) is 0. The van der Waals surface area contributed by atoms with Gasteiger partial charge in [0.15, 0.2) is 5.03 Å². The molecule has 2 aromatic rings. The summed E-state index contributed by atoms with van der Waals surface area (Å²) in [4.78, 5) is 14.0. The van der Waals surface area contributed by atoms with Crippen molar-refractivity contribution in [2.45, 2.75) is 23.8 Å². The average Bonchev–Trinajstić information content (AvgIpc) is 2.90. The molecule has 6 nitrogen and oxygen atoms in total. The Kier molecular flexibility index (Phi) is 6.27. The molecular formula is C14H14Br3N3O3S. The van der Waals surface area contributed by atoms with Crippen LogP contribution < -0.4 is 0 Å². The van der Waals surface area contributed by atoms with Crippen LogP contribution in [0, 0.1) is 0 Å². The molecule has 1 heterocycles. The van der Waals surface area contributed by atoms with Gasteiger partial charge in [0.2, 0.25) is 9.84 Å². The van der Waals surface area contributed by atoms with Gasteiger partial charge in [-0.15, -0.1) is 0 Å². The SMILES string of the molecule is CCN(CC)C(=O)n1cc(Br)c(S(=O)(=O)c2cc(Br)cc(Br)c2)n1. The first-order valence-corrected chi connectivity index (χ1v) is 10.8. The molecule has 0 N–H and O–H groups in total. The fourth-order valence-electron chi connectivity index (χ4n) is 2.05. The molecular weight excluding hydrogens is 530 g/mol. The second kappa shape index (κ2) is 7.67. The van der Waals surface area contributed by atoms with Gasteiger partial charge in [0.1, 0.15) is 0 Å². The van der Waals surface area contributed by atoms with E-state index in [1.165, 1.54) is 18.3 Å². The first kappa shape index (κ1) is 19.6. The molecule has 0 saturated heterocycles. The molecule has 0 bridgehead atoms. The van der Waals surface area contributed by atoms with Gasteiger partial charge in [0.25, 0.3) is 0 Å². The minimum atomic E-state index is -3.88. The highest BCUT2D eigenvalue weighted by atomic mass is 79.9. The number of carbonyl (C=O) groups excluding carboxylic acids is 1. The number of rotatable bonds is 4. The van der Waals surface area contributed by atoms with E-state index < -0.39 is 9.84 Å². The van der Waals surface area contributed by atoms with Gasteiger partial charge >= 0.3 is 6.03 Å². The van der Waals surface area contributed by atoms with E-state index in [-0.39, 0.29) is 20.4 Å². The zero-order valence-electron chi connectivity index (χ0n) is 12.8. The molecule has 0 spiro atoms. The molecule has 1 aromatic heterocycles. The third kappa shape index (κ3) is 3.92. The van der Waals surface area contributed by atoms with Gasteiger partial charge in [0, 0.05) is 22.0 Å². The molecule has 0 radical (unpaired) electrons. The fraction of sp³-hybridized carbons (Fsp3) is 0.286. The summed E-state index contributed by atoms with van der Waals surface area (Å²) in [6.07, 6.45) is 1.36. The summed E-state index contributed by atoms with van der Waals surface area (Å²) in [5.74, 6) is 0. The first-order valence-electron chi connectivity index (χ1n) is 6.96. The molecule has 2 rings (SSSR count). The summed E-state index contributed by atoms with van der Waals surface area (Å²) in [6.45, 7) is 4.70. The van der Waals surface area contributed by atoms with Crippen LogP contribution >= 0.6 is 47.8 Å². The minimum absolute atomic E-state index is 0.0741. The van der Waals surface area contributed by atoms with E-state index in [1.54, 1.807) is 11.0 Å². The molecule has 1 aromatic carbocycles. The predicted octanol–water partition coefficient (Wildman–Crippen LogP) is 4.31. The van der Waals surface area contributed by atoms with Gasteiger partial charge in [-0.3, -0.25) is 0 Å². The summed E-state index contributed by atoms with van der Waals surface area (Å²) < 4.78 is 28.2. The Morgan fingerprint density at radius 3 is 2.17 bits per heavy atom. The summed E-state index contributed by atoms with van der Waals surface area (Å²) in [6, 6.07) is 4.32. The predicted molar refractivity (Wildman–Crippen MR) is 101 cm³/mol. The lowest BCUT2D eigenvalue weighted by molar-refractivity contribution is 0.201. The van der Waals surface area contributed by atoms with E-state index in [2.05, 4.69) is 52.9 Å². The smallest absolute Gasteiger partial charge is 0.323 e.